The van der Waals surface area contributed by atoms with Gasteiger partial charge in [-0.3, -0.25) is 4.79 Å². The van der Waals surface area contributed by atoms with Gasteiger partial charge < -0.3 is 19.5 Å². The molecule has 1 N–H and O–H groups in total. The van der Waals surface area contributed by atoms with E-state index >= 15 is 0 Å². The van der Waals surface area contributed by atoms with Gasteiger partial charge in [0.2, 0.25) is 0 Å². The SMILES string of the molecule is COC(=O)COc1cccc(NC(=O)[C@@H]2CCCO2)c1. The van der Waals surface area contributed by atoms with Crippen molar-refractivity contribution < 1.29 is 23.8 Å². The first-order valence-corrected chi connectivity index (χ1v) is 6.41. The monoisotopic (exact) mass is 279 g/mol. The van der Waals surface area contributed by atoms with Crippen LogP contribution in [0.5, 0.6) is 5.75 Å². The molecule has 0 saturated carbocycles. The topological polar surface area (TPSA) is 73.9 Å². The Morgan fingerprint density at radius 3 is 3.00 bits per heavy atom. The molecule has 1 aliphatic heterocycles. The second-order valence-electron chi connectivity index (χ2n) is 4.38. The van der Waals surface area contributed by atoms with Gasteiger partial charge in [0.25, 0.3) is 5.91 Å². The molecule has 0 aromatic heterocycles. The minimum atomic E-state index is -0.459. The van der Waals surface area contributed by atoms with Crippen LogP contribution >= 0.6 is 0 Å². The highest BCUT2D eigenvalue weighted by atomic mass is 16.6. The molecule has 1 heterocycles. The lowest BCUT2D eigenvalue weighted by atomic mass is 10.2. The average molecular weight is 279 g/mol. The Morgan fingerprint density at radius 1 is 1.45 bits per heavy atom. The van der Waals surface area contributed by atoms with Crippen molar-refractivity contribution in [2.45, 2.75) is 18.9 Å². The maximum absolute atomic E-state index is 11.9. The number of carbonyl (C=O) groups excluding carboxylic acids is 2. The zero-order chi connectivity index (χ0) is 14.4. The van der Waals surface area contributed by atoms with Crippen molar-refractivity contribution in [2.75, 3.05) is 25.6 Å². The second kappa shape index (κ2) is 6.91. The van der Waals surface area contributed by atoms with Crippen LogP contribution in [0, 0.1) is 0 Å². The summed E-state index contributed by atoms with van der Waals surface area (Å²) in [6.45, 7) is 0.458. The highest BCUT2D eigenvalue weighted by Gasteiger charge is 2.23. The molecule has 6 heteroatoms. The predicted molar refractivity (Wildman–Crippen MR) is 71.6 cm³/mol. The van der Waals surface area contributed by atoms with Gasteiger partial charge in [-0.05, 0) is 25.0 Å². The molecule has 1 fully saturated rings. The van der Waals surface area contributed by atoms with Gasteiger partial charge in [0, 0.05) is 18.4 Å². The normalized spacial score (nSPS) is 17.6. The summed E-state index contributed by atoms with van der Waals surface area (Å²) in [5.41, 5.74) is 0.605. The number of benzene rings is 1. The molecule has 1 aromatic carbocycles. The van der Waals surface area contributed by atoms with Gasteiger partial charge in [0.15, 0.2) is 6.61 Å². The highest BCUT2D eigenvalue weighted by Crippen LogP contribution is 2.19. The third-order valence-electron chi connectivity index (χ3n) is 2.91. The minimum Gasteiger partial charge on any atom is -0.482 e. The molecule has 6 nitrogen and oxygen atoms in total. The van der Waals surface area contributed by atoms with E-state index in [1.807, 2.05) is 0 Å². The van der Waals surface area contributed by atoms with Crippen LogP contribution in [0.4, 0.5) is 5.69 Å². The number of rotatable bonds is 5. The lowest BCUT2D eigenvalue weighted by Gasteiger charge is -2.11. The fraction of sp³-hybridized carbons (Fsp3) is 0.429. The number of methoxy groups -OCH3 is 1. The lowest BCUT2D eigenvalue weighted by molar-refractivity contribution is -0.142. The van der Waals surface area contributed by atoms with Crippen molar-refractivity contribution in [3.63, 3.8) is 0 Å². The number of amides is 1. The molecule has 0 unspecified atom stereocenters. The molecule has 0 spiro atoms. The Labute approximate surface area is 117 Å². The van der Waals surface area contributed by atoms with E-state index in [0.717, 1.165) is 12.8 Å². The second-order valence-corrected chi connectivity index (χ2v) is 4.38. The first kappa shape index (κ1) is 14.3. The van der Waals surface area contributed by atoms with Gasteiger partial charge in [0.1, 0.15) is 11.9 Å². The predicted octanol–water partition coefficient (Wildman–Crippen LogP) is 1.36. The number of hydrogen-bond donors (Lipinski definition) is 1. The number of hydrogen-bond acceptors (Lipinski definition) is 5. The van der Waals surface area contributed by atoms with Gasteiger partial charge in [0.05, 0.1) is 7.11 Å². The van der Waals surface area contributed by atoms with Crippen molar-refractivity contribution in [3.05, 3.63) is 24.3 Å². The zero-order valence-corrected chi connectivity index (χ0v) is 11.3. The summed E-state index contributed by atoms with van der Waals surface area (Å²) in [6, 6.07) is 6.83. The first-order valence-electron chi connectivity index (χ1n) is 6.41. The molecular weight excluding hydrogens is 262 g/mol. The summed E-state index contributed by atoms with van der Waals surface area (Å²) in [7, 11) is 1.30. The fourth-order valence-electron chi connectivity index (χ4n) is 1.87. The maximum Gasteiger partial charge on any atom is 0.343 e. The van der Waals surface area contributed by atoms with Crippen LogP contribution in [0.3, 0.4) is 0 Å². The average Bonchev–Trinajstić information content (AvgIpc) is 2.99. The summed E-state index contributed by atoms with van der Waals surface area (Å²) >= 11 is 0. The van der Waals surface area contributed by atoms with E-state index in [1.54, 1.807) is 24.3 Å². The third-order valence-corrected chi connectivity index (χ3v) is 2.91. The lowest BCUT2D eigenvalue weighted by Crippen LogP contribution is -2.26. The Kier molecular flexibility index (Phi) is 4.95. The molecule has 108 valence electrons. The Hall–Kier alpha value is -2.08. The number of ether oxygens (including phenoxy) is 3. The molecule has 20 heavy (non-hydrogen) atoms. The zero-order valence-electron chi connectivity index (χ0n) is 11.3. The van der Waals surface area contributed by atoms with Gasteiger partial charge in [-0.2, -0.15) is 0 Å². The van der Waals surface area contributed by atoms with Crippen molar-refractivity contribution in [1.29, 1.82) is 0 Å². The molecule has 1 saturated heterocycles. The summed E-state index contributed by atoms with van der Waals surface area (Å²) in [5.74, 6) is -0.132. The van der Waals surface area contributed by atoms with E-state index < -0.39 is 5.97 Å². The minimum absolute atomic E-state index is 0.160. The van der Waals surface area contributed by atoms with Crippen molar-refractivity contribution in [2.24, 2.45) is 0 Å². The van der Waals surface area contributed by atoms with E-state index in [0.29, 0.717) is 18.0 Å². The Morgan fingerprint density at radius 2 is 2.30 bits per heavy atom. The molecule has 1 aromatic rings. The molecule has 1 amide bonds. The largest absolute Gasteiger partial charge is 0.482 e. The Bertz CT molecular complexity index is 482. The van der Waals surface area contributed by atoms with E-state index in [1.165, 1.54) is 7.11 Å². The smallest absolute Gasteiger partial charge is 0.343 e. The van der Waals surface area contributed by atoms with Gasteiger partial charge in [-0.25, -0.2) is 4.79 Å². The van der Waals surface area contributed by atoms with Crippen LogP contribution in [0.15, 0.2) is 24.3 Å². The highest BCUT2D eigenvalue weighted by molar-refractivity contribution is 5.94. The first-order chi connectivity index (χ1) is 9.69. The molecular formula is C14H17NO5. The van der Waals surface area contributed by atoms with Crippen LogP contribution in [0.1, 0.15) is 12.8 Å². The molecule has 1 atom stereocenters. The quantitative estimate of drug-likeness (QED) is 0.824. The van der Waals surface area contributed by atoms with Crippen molar-refractivity contribution in [1.82, 2.24) is 0 Å². The van der Waals surface area contributed by atoms with E-state index in [2.05, 4.69) is 10.1 Å². The molecule has 0 aliphatic carbocycles. The fourth-order valence-corrected chi connectivity index (χ4v) is 1.87. The van der Waals surface area contributed by atoms with Crippen LogP contribution in [0.25, 0.3) is 0 Å². The molecule has 1 aliphatic rings. The van der Waals surface area contributed by atoms with Gasteiger partial charge >= 0.3 is 5.97 Å². The van der Waals surface area contributed by atoms with Crippen LogP contribution < -0.4 is 10.1 Å². The maximum atomic E-state index is 11.9. The van der Waals surface area contributed by atoms with Crippen molar-refractivity contribution in [3.8, 4) is 5.75 Å². The third kappa shape index (κ3) is 3.96. The molecule has 0 radical (unpaired) electrons. The van der Waals surface area contributed by atoms with E-state index in [4.69, 9.17) is 9.47 Å². The van der Waals surface area contributed by atoms with Crippen LogP contribution in [-0.4, -0.2) is 38.3 Å². The Balaban J connectivity index is 1.91. The van der Waals surface area contributed by atoms with Gasteiger partial charge in [-0.1, -0.05) is 6.07 Å². The summed E-state index contributed by atoms with van der Waals surface area (Å²) in [5, 5.41) is 2.77. The van der Waals surface area contributed by atoms with Crippen LogP contribution in [0.2, 0.25) is 0 Å². The molecule has 0 bridgehead atoms. The number of nitrogens with one attached hydrogen (secondary N) is 1. The summed E-state index contributed by atoms with van der Waals surface area (Å²) in [6.07, 6.45) is 1.26. The van der Waals surface area contributed by atoms with Gasteiger partial charge in [-0.15, -0.1) is 0 Å². The number of esters is 1. The number of carbonyl (C=O) groups is 2. The summed E-state index contributed by atoms with van der Waals surface area (Å²) in [4.78, 5) is 22.9. The van der Waals surface area contributed by atoms with E-state index in [9.17, 15) is 9.59 Å². The molecule has 2 rings (SSSR count). The standard InChI is InChI=1S/C14H17NO5/c1-18-13(16)9-20-11-5-2-4-10(8-11)15-14(17)12-6-3-7-19-12/h2,4-5,8,12H,3,6-7,9H2,1H3,(H,15,17)/t12-/m0/s1. The van der Waals surface area contributed by atoms with Crippen LogP contribution in [-0.2, 0) is 19.1 Å². The number of anilines is 1. The van der Waals surface area contributed by atoms with E-state index in [-0.39, 0.29) is 18.6 Å². The summed E-state index contributed by atoms with van der Waals surface area (Å²) < 4.78 is 15.0. The van der Waals surface area contributed by atoms with Crippen molar-refractivity contribution >= 4 is 17.6 Å².